The van der Waals surface area contributed by atoms with Crippen LogP contribution in [0.15, 0.2) is 36.4 Å². The lowest BCUT2D eigenvalue weighted by Crippen LogP contribution is -2.51. The van der Waals surface area contributed by atoms with Gasteiger partial charge in [-0.05, 0) is 57.1 Å². The number of para-hydroxylation sites is 1. The van der Waals surface area contributed by atoms with Crippen LogP contribution in [0.2, 0.25) is 0 Å². The largest absolute Gasteiger partial charge is 0.390 e. The number of aromatic nitrogens is 1. The summed E-state index contributed by atoms with van der Waals surface area (Å²) in [6.07, 6.45) is 4.32. The molecule has 4 nitrogen and oxygen atoms in total. The molecule has 0 atom stereocenters. The minimum absolute atomic E-state index is 0.0358. The Balaban J connectivity index is 1.32. The molecule has 1 N–H and O–H groups in total. The van der Waals surface area contributed by atoms with E-state index in [2.05, 4.69) is 24.3 Å². The smallest absolute Gasteiger partial charge is 0.225 e. The predicted octanol–water partition coefficient (Wildman–Crippen LogP) is 3.18. The molecule has 2 fully saturated rings. The topological polar surface area (TPSA) is 53.4 Å². The Morgan fingerprint density at radius 1 is 1.20 bits per heavy atom. The van der Waals surface area contributed by atoms with Crippen molar-refractivity contribution >= 4 is 16.8 Å². The molecule has 1 aromatic carbocycles. The van der Waals surface area contributed by atoms with Crippen LogP contribution in [0.25, 0.3) is 10.9 Å². The number of nitrogens with zero attached hydrogens (tertiary/aromatic N) is 2. The number of carbonyl (C=O) groups is 1. The molecule has 1 saturated heterocycles. The molecule has 1 saturated carbocycles. The van der Waals surface area contributed by atoms with Gasteiger partial charge in [-0.1, -0.05) is 24.3 Å². The van der Waals surface area contributed by atoms with Crippen molar-refractivity contribution in [3.8, 4) is 0 Å². The van der Waals surface area contributed by atoms with Gasteiger partial charge in [-0.2, -0.15) is 0 Å². The predicted molar refractivity (Wildman–Crippen MR) is 98.1 cm³/mol. The summed E-state index contributed by atoms with van der Waals surface area (Å²) in [6, 6.07) is 12.5. The maximum atomic E-state index is 12.5. The van der Waals surface area contributed by atoms with Crippen LogP contribution in [0.1, 0.15) is 38.3 Å². The Hall–Kier alpha value is -1.94. The monoisotopic (exact) mass is 338 g/mol. The summed E-state index contributed by atoms with van der Waals surface area (Å²) in [5, 5.41) is 11.0. The number of fused-ring (bicyclic) bond motifs is 1. The highest BCUT2D eigenvalue weighted by Gasteiger charge is 2.44. The Bertz CT molecular complexity index is 770. The van der Waals surface area contributed by atoms with E-state index in [0.29, 0.717) is 18.8 Å². The second kappa shape index (κ2) is 6.41. The quantitative estimate of drug-likeness (QED) is 0.935. The normalized spacial score (nSPS) is 27.3. The van der Waals surface area contributed by atoms with Crippen molar-refractivity contribution < 1.29 is 9.90 Å². The highest BCUT2D eigenvalue weighted by Crippen LogP contribution is 2.39. The zero-order valence-electron chi connectivity index (χ0n) is 14.8. The summed E-state index contributed by atoms with van der Waals surface area (Å²) in [5.74, 6) is 0.879. The number of amides is 1. The molecule has 4 heteroatoms. The van der Waals surface area contributed by atoms with E-state index in [1.165, 1.54) is 5.39 Å². The lowest BCUT2D eigenvalue weighted by molar-refractivity contribution is -0.151. The minimum atomic E-state index is -0.625. The molecule has 0 radical (unpaired) electrons. The third-order valence-corrected chi connectivity index (χ3v) is 5.80. The van der Waals surface area contributed by atoms with Gasteiger partial charge in [0.05, 0.1) is 11.1 Å². The Morgan fingerprint density at radius 2 is 1.92 bits per heavy atom. The number of rotatable bonds is 3. The number of benzene rings is 1. The van der Waals surface area contributed by atoms with E-state index in [0.717, 1.165) is 43.6 Å². The number of pyridine rings is 1. The molecular weight excluding hydrogens is 312 g/mol. The molecule has 132 valence electrons. The molecule has 0 unspecified atom stereocenters. The van der Waals surface area contributed by atoms with Crippen molar-refractivity contribution in [2.24, 2.45) is 11.8 Å². The number of carbonyl (C=O) groups excluding carboxylic acids is 1. The Labute approximate surface area is 148 Å². The van der Waals surface area contributed by atoms with Gasteiger partial charge >= 0.3 is 0 Å². The zero-order valence-corrected chi connectivity index (χ0v) is 14.8. The van der Waals surface area contributed by atoms with E-state index in [4.69, 9.17) is 4.98 Å². The summed E-state index contributed by atoms with van der Waals surface area (Å²) in [6.45, 7) is 3.50. The fourth-order valence-corrected chi connectivity index (χ4v) is 4.31. The van der Waals surface area contributed by atoms with E-state index in [9.17, 15) is 9.90 Å². The van der Waals surface area contributed by atoms with Crippen molar-refractivity contribution in [1.82, 2.24) is 9.88 Å². The van der Waals surface area contributed by atoms with Gasteiger partial charge in [0.25, 0.3) is 0 Å². The minimum Gasteiger partial charge on any atom is -0.390 e. The molecule has 1 aliphatic heterocycles. The summed E-state index contributed by atoms with van der Waals surface area (Å²) in [4.78, 5) is 19.3. The van der Waals surface area contributed by atoms with Gasteiger partial charge in [0.15, 0.2) is 0 Å². The number of piperidine rings is 1. The highest BCUT2D eigenvalue weighted by molar-refractivity contribution is 5.80. The van der Waals surface area contributed by atoms with Crippen LogP contribution in [0, 0.1) is 11.8 Å². The lowest BCUT2D eigenvalue weighted by Gasteiger charge is -2.43. The maximum Gasteiger partial charge on any atom is 0.225 e. The van der Waals surface area contributed by atoms with Crippen molar-refractivity contribution in [1.29, 1.82) is 0 Å². The molecule has 2 aliphatic rings. The molecule has 25 heavy (non-hydrogen) atoms. The standard InChI is InChI=1S/C21H26N2O2/c1-21(25)13-17(14-21)20(24)23-10-8-15(9-11-23)12-18-7-6-16-4-2-3-5-19(16)22-18/h2-7,15,17,25H,8-14H2,1H3/t17-,21+. The Kier molecular flexibility index (Phi) is 4.24. The van der Waals surface area contributed by atoms with Gasteiger partial charge < -0.3 is 10.0 Å². The van der Waals surface area contributed by atoms with Gasteiger partial charge in [0.1, 0.15) is 0 Å². The molecule has 4 rings (SSSR count). The third kappa shape index (κ3) is 3.54. The van der Waals surface area contributed by atoms with E-state index < -0.39 is 5.60 Å². The van der Waals surface area contributed by atoms with E-state index in [1.807, 2.05) is 24.0 Å². The van der Waals surface area contributed by atoms with Gasteiger partial charge in [0, 0.05) is 30.1 Å². The highest BCUT2D eigenvalue weighted by atomic mass is 16.3. The van der Waals surface area contributed by atoms with Gasteiger partial charge in [-0.15, -0.1) is 0 Å². The molecule has 2 aromatic rings. The van der Waals surface area contributed by atoms with Crippen LogP contribution >= 0.6 is 0 Å². The fraction of sp³-hybridized carbons (Fsp3) is 0.524. The van der Waals surface area contributed by atoms with Crippen LogP contribution in [0.4, 0.5) is 0 Å². The zero-order chi connectivity index (χ0) is 17.4. The number of hydrogen-bond acceptors (Lipinski definition) is 3. The van der Waals surface area contributed by atoms with Crippen LogP contribution in [0.5, 0.6) is 0 Å². The van der Waals surface area contributed by atoms with Crippen LogP contribution in [-0.4, -0.2) is 39.6 Å². The molecule has 0 spiro atoms. The SMILES string of the molecule is C[C@]1(O)C[C@@H](C(=O)N2CCC(Cc3ccc4ccccc4n3)CC2)C1. The Morgan fingerprint density at radius 3 is 2.64 bits per heavy atom. The van der Waals surface area contributed by atoms with Gasteiger partial charge in [-0.3, -0.25) is 9.78 Å². The molecule has 0 bridgehead atoms. The average molecular weight is 338 g/mol. The van der Waals surface area contributed by atoms with Crippen molar-refractivity contribution in [3.63, 3.8) is 0 Å². The van der Waals surface area contributed by atoms with Crippen LogP contribution in [-0.2, 0) is 11.2 Å². The molecule has 1 amide bonds. The first-order valence-corrected chi connectivity index (χ1v) is 9.36. The first-order chi connectivity index (χ1) is 12.0. The van der Waals surface area contributed by atoms with Crippen LogP contribution < -0.4 is 0 Å². The summed E-state index contributed by atoms with van der Waals surface area (Å²) < 4.78 is 0. The molecule has 1 aromatic heterocycles. The van der Waals surface area contributed by atoms with E-state index in [1.54, 1.807) is 0 Å². The molecular formula is C21H26N2O2. The first-order valence-electron chi connectivity index (χ1n) is 9.36. The molecule has 2 heterocycles. The van der Waals surface area contributed by atoms with E-state index >= 15 is 0 Å². The average Bonchev–Trinajstić information content (AvgIpc) is 2.59. The lowest BCUT2D eigenvalue weighted by atomic mass is 9.71. The second-order valence-corrected chi connectivity index (χ2v) is 8.07. The van der Waals surface area contributed by atoms with Crippen molar-refractivity contribution in [2.75, 3.05) is 13.1 Å². The van der Waals surface area contributed by atoms with Gasteiger partial charge in [0.2, 0.25) is 5.91 Å². The molecule has 1 aliphatic carbocycles. The van der Waals surface area contributed by atoms with Crippen molar-refractivity contribution in [2.45, 2.75) is 44.6 Å². The summed E-state index contributed by atoms with van der Waals surface area (Å²) in [5.41, 5.74) is 1.59. The number of likely N-dealkylation sites (tertiary alicyclic amines) is 1. The van der Waals surface area contributed by atoms with E-state index in [-0.39, 0.29) is 11.8 Å². The first kappa shape index (κ1) is 16.5. The van der Waals surface area contributed by atoms with Gasteiger partial charge in [-0.25, -0.2) is 0 Å². The second-order valence-electron chi connectivity index (χ2n) is 8.07. The fourth-order valence-electron chi connectivity index (χ4n) is 4.31. The summed E-state index contributed by atoms with van der Waals surface area (Å²) in [7, 11) is 0. The van der Waals surface area contributed by atoms with Crippen molar-refractivity contribution in [3.05, 3.63) is 42.1 Å². The summed E-state index contributed by atoms with van der Waals surface area (Å²) >= 11 is 0. The van der Waals surface area contributed by atoms with Crippen LogP contribution in [0.3, 0.4) is 0 Å². The maximum absolute atomic E-state index is 12.5. The number of aliphatic hydroxyl groups is 1. The third-order valence-electron chi connectivity index (χ3n) is 5.80. The number of hydrogen-bond donors (Lipinski definition) is 1.